The zero-order chi connectivity index (χ0) is 47.1. The van der Waals surface area contributed by atoms with Gasteiger partial charge in [0.1, 0.15) is 61.0 Å². The molecule has 0 spiro atoms. The molecule has 1 aromatic rings. The van der Waals surface area contributed by atoms with Crippen LogP contribution in [0.2, 0.25) is 0 Å². The van der Waals surface area contributed by atoms with E-state index in [2.05, 4.69) is 0 Å². The first kappa shape index (κ1) is 54.9. The van der Waals surface area contributed by atoms with E-state index in [1.807, 2.05) is 0 Å². The van der Waals surface area contributed by atoms with E-state index in [4.69, 9.17) is 33.5 Å². The Hall–Kier alpha value is -4.28. The van der Waals surface area contributed by atoms with Gasteiger partial charge in [-0.15, -0.1) is 0 Å². The molecule has 1 heterocycles. The van der Waals surface area contributed by atoms with Crippen molar-refractivity contribution in [1.29, 1.82) is 0 Å². The number of aryl methyl sites for hydroxylation is 1. The first-order valence-corrected chi connectivity index (χ1v) is 21.5. The molecular weight excluding hydrogens is 836 g/mol. The van der Waals surface area contributed by atoms with Crippen LogP contribution in [0.5, 0.6) is 5.75 Å². The summed E-state index contributed by atoms with van der Waals surface area (Å²) in [6.07, 6.45) is -5.35. The Morgan fingerprint density at radius 2 is 1.33 bits per heavy atom. The van der Waals surface area contributed by atoms with E-state index in [0.717, 1.165) is 84.0 Å². The molecule has 0 radical (unpaired) electrons. The van der Waals surface area contributed by atoms with Gasteiger partial charge in [-0.05, 0) is 44.2 Å². The van der Waals surface area contributed by atoms with Crippen molar-refractivity contribution in [2.75, 3.05) is 13.2 Å². The molecule has 10 atom stereocenters. The van der Waals surface area contributed by atoms with E-state index in [0.29, 0.717) is 24.8 Å². The SMILES string of the molecule is CC(=O)Oc1cccc(CCCCCCCCCCCCCCCC(C)OC(=O)C(O)C(O)C(O)C(COC(=O)CC(=O)O)OC2OC(CO)C(O)C(O)C2OC(C)=O)c1C(=O)O. The second-order valence-corrected chi connectivity index (χ2v) is 15.7. The van der Waals surface area contributed by atoms with E-state index < -0.39 is 117 Å². The molecule has 1 fully saturated rings. The number of aliphatic hydroxyl groups is 6. The average Bonchev–Trinajstić information content (AvgIpc) is 3.21. The number of aromatic carboxylic acids is 1. The molecule has 63 heavy (non-hydrogen) atoms. The summed E-state index contributed by atoms with van der Waals surface area (Å²) in [5.41, 5.74) is 0.692. The fourth-order valence-electron chi connectivity index (χ4n) is 7.06. The minimum Gasteiger partial charge on any atom is -0.481 e. The van der Waals surface area contributed by atoms with Crippen LogP contribution in [0.3, 0.4) is 0 Å². The number of carboxylic acids is 2. The van der Waals surface area contributed by atoms with Gasteiger partial charge in [-0.2, -0.15) is 0 Å². The summed E-state index contributed by atoms with van der Waals surface area (Å²) >= 11 is 0. The van der Waals surface area contributed by atoms with Crippen LogP contribution in [0, 0.1) is 0 Å². The lowest BCUT2D eigenvalue weighted by molar-refractivity contribution is -0.324. The number of hydrogen-bond donors (Lipinski definition) is 8. The van der Waals surface area contributed by atoms with Crippen molar-refractivity contribution in [3.63, 3.8) is 0 Å². The smallest absolute Gasteiger partial charge is 0.339 e. The van der Waals surface area contributed by atoms with Crippen LogP contribution in [-0.2, 0) is 54.1 Å². The van der Waals surface area contributed by atoms with Crippen LogP contribution in [0.4, 0.5) is 0 Å². The molecular formula is C43H66O20. The molecule has 0 aliphatic carbocycles. The molecule has 8 N–H and O–H groups in total. The monoisotopic (exact) mass is 902 g/mol. The predicted molar refractivity (Wildman–Crippen MR) is 218 cm³/mol. The molecule has 10 unspecified atom stereocenters. The zero-order valence-electron chi connectivity index (χ0n) is 36.2. The molecule has 0 amide bonds. The summed E-state index contributed by atoms with van der Waals surface area (Å²) in [6, 6.07) is 4.93. The lowest BCUT2D eigenvalue weighted by Crippen LogP contribution is -2.62. The summed E-state index contributed by atoms with van der Waals surface area (Å²) in [6.45, 7) is 1.93. The first-order valence-electron chi connectivity index (χ1n) is 21.5. The van der Waals surface area contributed by atoms with E-state index in [9.17, 15) is 64.5 Å². The summed E-state index contributed by atoms with van der Waals surface area (Å²) in [5, 5.41) is 81.3. The number of unbranched alkanes of at least 4 members (excludes halogenated alkanes) is 12. The number of ether oxygens (including phenoxy) is 6. The maximum atomic E-state index is 12.8. The first-order chi connectivity index (χ1) is 29.9. The van der Waals surface area contributed by atoms with Crippen molar-refractivity contribution in [3.8, 4) is 5.75 Å². The van der Waals surface area contributed by atoms with Gasteiger partial charge < -0.3 is 69.3 Å². The normalized spacial score (nSPS) is 21.0. The van der Waals surface area contributed by atoms with Crippen molar-refractivity contribution in [1.82, 2.24) is 0 Å². The minimum atomic E-state index is -2.35. The van der Waals surface area contributed by atoms with Crippen LogP contribution in [0.1, 0.15) is 133 Å². The number of hydrogen-bond acceptors (Lipinski definition) is 18. The van der Waals surface area contributed by atoms with E-state index >= 15 is 0 Å². The quantitative estimate of drug-likeness (QED) is 0.0174. The number of carbonyl (C=O) groups is 6. The summed E-state index contributed by atoms with van der Waals surface area (Å²) < 4.78 is 31.1. The Morgan fingerprint density at radius 1 is 0.762 bits per heavy atom. The van der Waals surface area contributed by atoms with Crippen molar-refractivity contribution < 1.29 is 98.0 Å². The lowest BCUT2D eigenvalue weighted by atomic mass is 9.98. The molecule has 20 heteroatoms. The summed E-state index contributed by atoms with van der Waals surface area (Å²) in [4.78, 5) is 70.5. The molecule has 0 saturated carbocycles. The van der Waals surface area contributed by atoms with Crippen LogP contribution in [0.15, 0.2) is 18.2 Å². The molecule has 1 aliphatic heterocycles. The van der Waals surface area contributed by atoms with Gasteiger partial charge in [0, 0.05) is 13.8 Å². The van der Waals surface area contributed by atoms with E-state index in [1.54, 1.807) is 19.1 Å². The predicted octanol–water partition coefficient (Wildman–Crippen LogP) is 2.10. The maximum Gasteiger partial charge on any atom is 0.339 e. The van der Waals surface area contributed by atoms with Crippen molar-refractivity contribution in [3.05, 3.63) is 29.3 Å². The summed E-state index contributed by atoms with van der Waals surface area (Å²) in [7, 11) is 0. The minimum absolute atomic E-state index is 0.0383. The van der Waals surface area contributed by atoms with Crippen molar-refractivity contribution in [2.45, 2.75) is 185 Å². The van der Waals surface area contributed by atoms with Crippen LogP contribution < -0.4 is 4.74 Å². The Kier molecular flexibility index (Phi) is 25.4. The topological polar surface area (TPSA) is 320 Å². The second-order valence-electron chi connectivity index (χ2n) is 15.7. The van der Waals surface area contributed by atoms with Crippen LogP contribution in [0.25, 0.3) is 0 Å². The molecule has 1 aliphatic rings. The van der Waals surface area contributed by atoms with Crippen LogP contribution >= 0.6 is 0 Å². The number of carbonyl (C=O) groups excluding carboxylic acids is 4. The highest BCUT2D eigenvalue weighted by Gasteiger charge is 2.49. The average molecular weight is 903 g/mol. The number of benzene rings is 1. The molecule has 0 aromatic heterocycles. The standard InChI is InChI=1S/C43H66O20/c1-25(18-15-13-11-9-7-5-4-6-8-10-12-14-16-19-28-20-17-21-29(60-26(2)45)34(28)41(55)56)59-42(57)39(54)37(52)36(51)31(24-58-33(49)22-32(47)48)63-43-40(61-27(3)46)38(53)35(50)30(23-44)62-43/h17,20-21,25,30-31,35-40,43-44,50-54H,4-16,18-19,22-24H2,1-3H3,(H,47,48)(H,55,56). The third-order valence-electron chi connectivity index (χ3n) is 10.4. The second kappa shape index (κ2) is 29.2. The molecule has 20 nitrogen and oxygen atoms in total. The fraction of sp³-hybridized carbons (Fsp3) is 0.721. The van der Waals surface area contributed by atoms with Crippen LogP contribution in [-0.4, -0.2) is 151 Å². The van der Waals surface area contributed by atoms with Gasteiger partial charge in [-0.25, -0.2) is 9.59 Å². The molecule has 358 valence electrons. The zero-order valence-corrected chi connectivity index (χ0v) is 36.2. The highest BCUT2D eigenvalue weighted by molar-refractivity contribution is 5.93. The Balaban J connectivity index is 1.71. The third kappa shape index (κ3) is 20.0. The van der Waals surface area contributed by atoms with Gasteiger partial charge in [-0.1, -0.05) is 82.8 Å². The molecule has 1 aromatic carbocycles. The number of carboxylic acid groups (broad SMARTS) is 2. The van der Waals surface area contributed by atoms with E-state index in [-0.39, 0.29) is 11.3 Å². The summed E-state index contributed by atoms with van der Waals surface area (Å²) in [5.74, 6) is -6.72. The van der Waals surface area contributed by atoms with Gasteiger partial charge in [0.15, 0.2) is 18.5 Å². The van der Waals surface area contributed by atoms with Crippen molar-refractivity contribution >= 4 is 35.8 Å². The Bertz CT molecular complexity index is 1590. The fourth-order valence-corrected chi connectivity index (χ4v) is 7.06. The Labute approximate surface area is 366 Å². The maximum absolute atomic E-state index is 12.8. The van der Waals surface area contributed by atoms with Gasteiger partial charge in [0.25, 0.3) is 0 Å². The number of rotatable bonds is 31. The van der Waals surface area contributed by atoms with Gasteiger partial charge in [0.05, 0.1) is 12.7 Å². The lowest BCUT2D eigenvalue weighted by Gasteiger charge is -2.43. The van der Waals surface area contributed by atoms with Gasteiger partial charge >= 0.3 is 35.8 Å². The number of aliphatic carboxylic acids is 1. The molecule has 0 bridgehead atoms. The number of aliphatic hydroxyl groups excluding tert-OH is 6. The molecule has 2 rings (SSSR count). The van der Waals surface area contributed by atoms with Crippen molar-refractivity contribution in [2.24, 2.45) is 0 Å². The Morgan fingerprint density at radius 3 is 1.86 bits per heavy atom. The largest absolute Gasteiger partial charge is 0.481 e. The highest BCUT2D eigenvalue weighted by atomic mass is 16.7. The number of esters is 4. The highest BCUT2D eigenvalue weighted by Crippen LogP contribution is 2.28. The van der Waals surface area contributed by atoms with Gasteiger partial charge in [-0.3, -0.25) is 19.2 Å². The van der Waals surface area contributed by atoms with Gasteiger partial charge in [0.2, 0.25) is 0 Å². The molecule has 1 saturated heterocycles. The third-order valence-corrected chi connectivity index (χ3v) is 10.4. The van der Waals surface area contributed by atoms with E-state index in [1.165, 1.54) is 13.0 Å².